The van der Waals surface area contributed by atoms with Crippen LogP contribution in [0.25, 0.3) is 0 Å². The van der Waals surface area contributed by atoms with Gasteiger partial charge in [0.25, 0.3) is 0 Å². The number of nitrogens with two attached hydrogens (primary N) is 2. The van der Waals surface area contributed by atoms with Crippen molar-refractivity contribution < 1.29 is 9.18 Å². The summed E-state index contributed by atoms with van der Waals surface area (Å²) >= 11 is 1.18. The molecule has 1 saturated heterocycles. The zero-order chi connectivity index (χ0) is 17.0. The quantitative estimate of drug-likeness (QED) is 0.500. The Labute approximate surface area is 140 Å². The molecule has 0 radical (unpaired) electrons. The number of benzene rings is 1. The molecule has 1 aliphatic rings. The van der Waals surface area contributed by atoms with E-state index in [1.165, 1.54) is 23.9 Å². The second-order valence-corrected chi connectivity index (χ2v) is 7.45. The van der Waals surface area contributed by atoms with E-state index >= 15 is 0 Å². The standard InChI is InChI=1S/C16H23FN4OS/c1-16(23-15(19)20-2,14(22)21-7-3-4-8-21)10-11-9-12(18)5-6-13(11)17/h5-6,9H,3-4,7-8,10,18H2,1-2H3,(H2,19,20)/t16-/m1/s1. The Kier molecular flexibility index (Phi) is 5.51. The molecule has 1 amide bonds. The first-order valence-corrected chi connectivity index (χ1v) is 8.42. The fourth-order valence-corrected chi connectivity index (χ4v) is 3.78. The van der Waals surface area contributed by atoms with Crippen molar-refractivity contribution in [3.8, 4) is 0 Å². The van der Waals surface area contributed by atoms with E-state index in [1.54, 1.807) is 20.0 Å². The molecule has 126 valence electrons. The van der Waals surface area contributed by atoms with Crippen molar-refractivity contribution in [1.29, 1.82) is 0 Å². The first-order valence-electron chi connectivity index (χ1n) is 7.60. The molecule has 2 rings (SSSR count). The zero-order valence-electron chi connectivity index (χ0n) is 13.5. The van der Waals surface area contributed by atoms with E-state index in [-0.39, 0.29) is 18.1 Å². The molecule has 5 nitrogen and oxygen atoms in total. The van der Waals surface area contributed by atoms with Crippen LogP contribution >= 0.6 is 11.8 Å². The summed E-state index contributed by atoms with van der Waals surface area (Å²) in [4.78, 5) is 18.7. The highest BCUT2D eigenvalue weighted by Gasteiger charge is 2.40. The second kappa shape index (κ2) is 7.21. The minimum atomic E-state index is -0.914. The van der Waals surface area contributed by atoms with Crippen LogP contribution in [0.1, 0.15) is 25.3 Å². The highest BCUT2D eigenvalue weighted by atomic mass is 32.2. The molecule has 0 aliphatic carbocycles. The molecule has 4 N–H and O–H groups in total. The lowest BCUT2D eigenvalue weighted by Crippen LogP contribution is -2.46. The van der Waals surface area contributed by atoms with E-state index in [4.69, 9.17) is 11.5 Å². The maximum atomic E-state index is 14.1. The Balaban J connectivity index is 2.32. The van der Waals surface area contributed by atoms with E-state index in [0.717, 1.165) is 25.9 Å². The molecule has 0 aromatic heterocycles. The van der Waals surface area contributed by atoms with E-state index < -0.39 is 4.75 Å². The van der Waals surface area contributed by atoms with Crippen molar-refractivity contribution >= 4 is 28.5 Å². The molecule has 7 heteroatoms. The molecule has 0 spiro atoms. The minimum absolute atomic E-state index is 0.0339. The van der Waals surface area contributed by atoms with Crippen LogP contribution in [0.15, 0.2) is 23.2 Å². The third kappa shape index (κ3) is 4.16. The predicted molar refractivity (Wildman–Crippen MR) is 93.9 cm³/mol. The van der Waals surface area contributed by atoms with Gasteiger partial charge in [-0.15, -0.1) is 0 Å². The van der Waals surface area contributed by atoms with E-state index in [0.29, 0.717) is 16.4 Å². The van der Waals surface area contributed by atoms with Crippen LogP contribution in [0, 0.1) is 5.82 Å². The number of amidine groups is 1. The number of nitrogen functional groups attached to an aromatic ring is 1. The maximum Gasteiger partial charge on any atom is 0.239 e. The van der Waals surface area contributed by atoms with E-state index in [1.807, 2.05) is 4.90 Å². The highest BCUT2D eigenvalue weighted by molar-refractivity contribution is 8.15. The van der Waals surface area contributed by atoms with Crippen molar-refractivity contribution in [1.82, 2.24) is 4.90 Å². The number of hydrogen-bond donors (Lipinski definition) is 2. The van der Waals surface area contributed by atoms with Crippen molar-refractivity contribution in [3.05, 3.63) is 29.6 Å². The molecule has 23 heavy (non-hydrogen) atoms. The summed E-state index contributed by atoms with van der Waals surface area (Å²) in [5.41, 5.74) is 12.5. The summed E-state index contributed by atoms with van der Waals surface area (Å²) in [5.74, 6) is -0.402. The van der Waals surface area contributed by atoms with Gasteiger partial charge in [-0.3, -0.25) is 9.79 Å². The molecule has 1 atom stereocenters. The van der Waals surface area contributed by atoms with Crippen LogP contribution in [0.5, 0.6) is 0 Å². The summed E-state index contributed by atoms with van der Waals surface area (Å²) < 4.78 is 13.2. The molecule has 1 aliphatic heterocycles. The molecule has 1 heterocycles. The SMILES string of the molecule is C/N=C(/N)S[C@](C)(Cc1cc(N)ccc1F)C(=O)N1CCCC1. The summed E-state index contributed by atoms with van der Waals surface area (Å²) in [6.45, 7) is 3.26. The maximum absolute atomic E-state index is 14.1. The average Bonchev–Trinajstić information content (AvgIpc) is 3.04. The number of likely N-dealkylation sites (tertiary alicyclic amines) is 1. The Morgan fingerprint density at radius 1 is 1.43 bits per heavy atom. The second-order valence-electron chi connectivity index (χ2n) is 5.92. The van der Waals surface area contributed by atoms with Crippen LogP contribution in [-0.4, -0.2) is 40.9 Å². The first kappa shape index (κ1) is 17.6. The number of halogens is 1. The lowest BCUT2D eigenvalue weighted by molar-refractivity contribution is -0.132. The van der Waals surface area contributed by atoms with Crippen LogP contribution in [-0.2, 0) is 11.2 Å². The summed E-state index contributed by atoms with van der Waals surface area (Å²) in [5, 5.41) is 0.310. The number of anilines is 1. The summed E-state index contributed by atoms with van der Waals surface area (Å²) in [6.07, 6.45) is 2.20. The first-order chi connectivity index (χ1) is 10.9. The number of nitrogens with zero attached hydrogens (tertiary/aromatic N) is 2. The van der Waals surface area contributed by atoms with Crippen molar-refractivity contribution in [2.45, 2.75) is 30.9 Å². The highest BCUT2D eigenvalue weighted by Crippen LogP contribution is 2.33. The van der Waals surface area contributed by atoms with Gasteiger partial charge in [-0.05, 0) is 49.9 Å². The van der Waals surface area contributed by atoms with Gasteiger partial charge in [0.1, 0.15) is 10.6 Å². The lowest BCUT2D eigenvalue weighted by atomic mass is 9.98. The van der Waals surface area contributed by atoms with Crippen LogP contribution < -0.4 is 11.5 Å². The molecular weight excluding hydrogens is 315 g/mol. The van der Waals surface area contributed by atoms with Gasteiger partial charge in [-0.25, -0.2) is 4.39 Å². The number of carbonyl (C=O) groups is 1. The molecule has 1 aromatic carbocycles. The molecule has 1 aromatic rings. The Bertz CT molecular complexity index is 616. The monoisotopic (exact) mass is 338 g/mol. The Hall–Kier alpha value is -1.76. The molecule has 0 bridgehead atoms. The average molecular weight is 338 g/mol. The third-order valence-electron chi connectivity index (χ3n) is 3.99. The van der Waals surface area contributed by atoms with Gasteiger partial charge in [0.05, 0.1) is 0 Å². The molecule has 0 unspecified atom stereocenters. The van der Waals surface area contributed by atoms with Gasteiger partial charge in [-0.2, -0.15) is 0 Å². The largest absolute Gasteiger partial charge is 0.399 e. The lowest BCUT2D eigenvalue weighted by Gasteiger charge is -2.32. The fourth-order valence-electron chi connectivity index (χ4n) is 2.78. The van der Waals surface area contributed by atoms with Crippen molar-refractivity contribution in [2.24, 2.45) is 10.7 Å². The van der Waals surface area contributed by atoms with E-state index in [2.05, 4.69) is 4.99 Å². The van der Waals surface area contributed by atoms with Crippen molar-refractivity contribution in [2.75, 3.05) is 25.9 Å². The molecular formula is C16H23FN4OS. The number of thioether (sulfide) groups is 1. The number of aliphatic imine (C=N–C) groups is 1. The Morgan fingerprint density at radius 2 is 2.09 bits per heavy atom. The zero-order valence-corrected chi connectivity index (χ0v) is 14.3. The van der Waals surface area contributed by atoms with Crippen LogP contribution in [0.3, 0.4) is 0 Å². The topological polar surface area (TPSA) is 84.7 Å². The minimum Gasteiger partial charge on any atom is -0.399 e. The Morgan fingerprint density at radius 3 is 2.70 bits per heavy atom. The third-order valence-corrected chi connectivity index (χ3v) is 5.15. The number of amides is 1. The number of hydrogen-bond acceptors (Lipinski definition) is 4. The smallest absolute Gasteiger partial charge is 0.239 e. The van der Waals surface area contributed by atoms with Gasteiger partial charge in [0.2, 0.25) is 5.91 Å². The van der Waals surface area contributed by atoms with Gasteiger partial charge in [-0.1, -0.05) is 11.8 Å². The normalized spacial score (nSPS) is 18.0. The number of carbonyl (C=O) groups excluding carboxylic acids is 1. The van der Waals surface area contributed by atoms with Gasteiger partial charge in [0.15, 0.2) is 5.17 Å². The van der Waals surface area contributed by atoms with Crippen LogP contribution in [0.2, 0.25) is 0 Å². The summed E-state index contributed by atoms with van der Waals surface area (Å²) in [6, 6.07) is 4.41. The van der Waals surface area contributed by atoms with Gasteiger partial charge < -0.3 is 16.4 Å². The predicted octanol–water partition coefficient (Wildman–Crippen LogP) is 2.01. The van der Waals surface area contributed by atoms with Gasteiger partial charge >= 0.3 is 0 Å². The van der Waals surface area contributed by atoms with Gasteiger partial charge in [0, 0.05) is 25.8 Å². The van der Waals surface area contributed by atoms with Crippen molar-refractivity contribution in [3.63, 3.8) is 0 Å². The summed E-state index contributed by atoms with van der Waals surface area (Å²) in [7, 11) is 1.57. The number of rotatable bonds is 4. The molecule has 1 fully saturated rings. The van der Waals surface area contributed by atoms with E-state index in [9.17, 15) is 9.18 Å². The molecule has 0 saturated carbocycles. The van der Waals surface area contributed by atoms with Crippen LogP contribution in [0.4, 0.5) is 10.1 Å². The fraction of sp³-hybridized carbons (Fsp3) is 0.500.